The molecule has 3 aromatic rings. The Morgan fingerprint density at radius 1 is 1.00 bits per heavy atom. The Hall–Kier alpha value is -2.72. The molecule has 0 saturated carbocycles. The van der Waals surface area contributed by atoms with E-state index >= 15 is 0 Å². The third kappa shape index (κ3) is 2.03. The van der Waals surface area contributed by atoms with E-state index in [1.807, 2.05) is 30.3 Å². The molecule has 0 saturated heterocycles. The molecule has 1 heterocycles. The number of carbonyl (C=O) groups excluding carboxylic acids is 1. The van der Waals surface area contributed by atoms with Gasteiger partial charge < -0.3 is 5.21 Å². The molecule has 23 heavy (non-hydrogen) atoms. The van der Waals surface area contributed by atoms with Gasteiger partial charge in [-0.3, -0.25) is 4.79 Å². The lowest BCUT2D eigenvalue weighted by Gasteiger charge is -2.04. The van der Waals surface area contributed by atoms with Gasteiger partial charge in [0.15, 0.2) is 5.82 Å². The summed E-state index contributed by atoms with van der Waals surface area (Å²) in [4.78, 5) is 12.5. The van der Waals surface area contributed by atoms with Crippen LogP contribution in [0.15, 0.2) is 54.6 Å². The Labute approximate surface area is 135 Å². The zero-order valence-corrected chi connectivity index (χ0v) is 12.5. The zero-order valence-electron chi connectivity index (χ0n) is 11.7. The number of Topliss-reactive ketones (excluding diaryl/α,β-unsaturated/α-hetero) is 1. The number of hydrogen-bond donors (Lipinski definition) is 0. The van der Waals surface area contributed by atoms with E-state index in [0.717, 1.165) is 16.8 Å². The monoisotopic (exact) mass is 325 g/mol. The van der Waals surface area contributed by atoms with Crippen LogP contribution in [-0.4, -0.2) is 16.2 Å². The third-order valence-corrected chi connectivity index (χ3v) is 4.14. The summed E-state index contributed by atoms with van der Waals surface area (Å²) in [5.74, 6) is -1.32. The summed E-state index contributed by atoms with van der Waals surface area (Å²) in [5.41, 5.74) is 0.0815. The highest BCUT2D eigenvalue weighted by Crippen LogP contribution is 2.33. The second kappa shape index (κ2) is 4.89. The molecule has 5 heteroatoms. The highest BCUT2D eigenvalue weighted by atomic mass is 35.5. The van der Waals surface area contributed by atoms with Gasteiger partial charge in [0, 0.05) is 5.02 Å². The molecule has 0 N–H and O–H groups in total. The first kappa shape index (κ1) is 13.9. The van der Waals surface area contributed by atoms with Crippen LogP contribution in [0.2, 0.25) is 5.02 Å². The van der Waals surface area contributed by atoms with Crippen LogP contribution < -0.4 is 0 Å². The summed E-state index contributed by atoms with van der Waals surface area (Å²) in [6, 6.07) is 15.2. The van der Waals surface area contributed by atoms with Crippen LogP contribution in [0.5, 0.6) is 0 Å². The molecule has 0 aliphatic carbocycles. The minimum Gasteiger partial charge on any atom is -0.618 e. The normalized spacial score (nSPS) is 13.7. The van der Waals surface area contributed by atoms with E-state index < -0.39 is 11.6 Å². The third-order valence-electron chi connectivity index (χ3n) is 3.92. The molecule has 3 aromatic carbocycles. The molecule has 0 unspecified atom stereocenters. The Morgan fingerprint density at radius 2 is 1.74 bits per heavy atom. The maximum absolute atomic E-state index is 14.0. The molecule has 0 amide bonds. The van der Waals surface area contributed by atoms with E-state index in [4.69, 9.17) is 11.6 Å². The first-order chi connectivity index (χ1) is 11.1. The van der Waals surface area contributed by atoms with Crippen molar-refractivity contribution < 1.29 is 13.9 Å². The van der Waals surface area contributed by atoms with E-state index in [1.54, 1.807) is 12.1 Å². The minimum absolute atomic E-state index is 0.00633. The quantitative estimate of drug-likeness (QED) is 0.489. The zero-order chi connectivity index (χ0) is 16.1. The van der Waals surface area contributed by atoms with Gasteiger partial charge in [-0.05, 0) is 35.0 Å². The number of halogens is 2. The Bertz CT molecular complexity index is 1030. The van der Waals surface area contributed by atoms with Gasteiger partial charge >= 0.3 is 0 Å². The molecule has 0 atom stereocenters. The number of rotatable bonds is 1. The number of nitrogens with zero attached hydrogens (tertiary/aromatic N) is 1. The van der Waals surface area contributed by atoms with E-state index in [0.29, 0.717) is 10.3 Å². The molecule has 0 radical (unpaired) electrons. The van der Waals surface area contributed by atoms with Gasteiger partial charge in [-0.15, -0.1) is 0 Å². The van der Waals surface area contributed by atoms with Crippen molar-refractivity contribution in [1.82, 2.24) is 0 Å². The molecular formula is C18H9ClFNO2. The summed E-state index contributed by atoms with van der Waals surface area (Å²) >= 11 is 5.79. The Kier molecular flexibility index (Phi) is 2.96. The fourth-order valence-electron chi connectivity index (χ4n) is 2.86. The van der Waals surface area contributed by atoms with Gasteiger partial charge in [-0.1, -0.05) is 41.9 Å². The van der Waals surface area contributed by atoms with E-state index in [-0.39, 0.29) is 22.0 Å². The van der Waals surface area contributed by atoms with Gasteiger partial charge in [0.05, 0.1) is 5.56 Å². The minimum atomic E-state index is -0.799. The lowest BCUT2D eigenvalue weighted by atomic mass is 10.00. The molecule has 1 aliphatic rings. The smallest absolute Gasteiger partial charge is 0.273 e. The second-order valence-corrected chi connectivity index (χ2v) is 5.75. The fraction of sp³-hybridized carbons (Fsp3) is 0. The van der Waals surface area contributed by atoms with Crippen molar-refractivity contribution in [2.24, 2.45) is 0 Å². The molecule has 4 rings (SSSR count). The van der Waals surface area contributed by atoms with Crippen LogP contribution in [-0.2, 0) is 0 Å². The summed E-state index contributed by atoms with van der Waals surface area (Å²) < 4.78 is 14.4. The molecule has 0 aromatic heterocycles. The Morgan fingerprint density at radius 3 is 2.52 bits per heavy atom. The van der Waals surface area contributed by atoms with Crippen molar-refractivity contribution in [3.8, 4) is 0 Å². The summed E-state index contributed by atoms with van der Waals surface area (Å²) in [6.45, 7) is 0. The standard InChI is InChI=1S/C18H9ClFNO2/c19-13-8-14-17(15(20)9-13)21(23)16(18(14)22)12-6-5-10-3-1-2-4-11(10)7-12/h1-9H. The molecule has 0 bridgehead atoms. The molecule has 0 spiro atoms. The molecule has 112 valence electrons. The maximum atomic E-state index is 14.0. The second-order valence-electron chi connectivity index (χ2n) is 5.32. The van der Waals surface area contributed by atoms with Crippen molar-refractivity contribution in [3.63, 3.8) is 0 Å². The van der Waals surface area contributed by atoms with Crippen LogP contribution in [0.1, 0.15) is 15.9 Å². The number of benzene rings is 3. The van der Waals surface area contributed by atoms with Gasteiger partial charge in [-0.25, -0.2) is 0 Å². The van der Waals surface area contributed by atoms with E-state index in [1.165, 1.54) is 6.07 Å². The molecule has 3 nitrogen and oxygen atoms in total. The topological polar surface area (TPSA) is 43.1 Å². The van der Waals surface area contributed by atoms with Gasteiger partial charge in [0.2, 0.25) is 0 Å². The van der Waals surface area contributed by atoms with Crippen molar-refractivity contribution in [2.45, 2.75) is 0 Å². The fourth-order valence-corrected chi connectivity index (χ4v) is 3.07. The van der Waals surface area contributed by atoms with E-state index in [9.17, 15) is 14.4 Å². The predicted octanol–water partition coefficient (Wildman–Crippen LogP) is 4.46. The van der Waals surface area contributed by atoms with Gasteiger partial charge in [-0.2, -0.15) is 9.13 Å². The van der Waals surface area contributed by atoms with Gasteiger partial charge in [0.25, 0.3) is 17.2 Å². The average molecular weight is 326 g/mol. The first-order valence-corrected chi connectivity index (χ1v) is 7.31. The number of hydrogen-bond acceptors (Lipinski definition) is 2. The van der Waals surface area contributed by atoms with Crippen molar-refractivity contribution in [1.29, 1.82) is 0 Å². The predicted molar refractivity (Wildman–Crippen MR) is 87.1 cm³/mol. The summed E-state index contributed by atoms with van der Waals surface area (Å²) in [6.07, 6.45) is 0. The van der Waals surface area contributed by atoms with Crippen LogP contribution in [0.3, 0.4) is 0 Å². The summed E-state index contributed by atoms with van der Waals surface area (Å²) in [5, 5.41) is 14.4. The summed E-state index contributed by atoms with van der Waals surface area (Å²) in [7, 11) is 0. The maximum Gasteiger partial charge on any atom is 0.273 e. The highest BCUT2D eigenvalue weighted by Gasteiger charge is 2.39. The van der Waals surface area contributed by atoms with Crippen molar-refractivity contribution in [3.05, 3.63) is 81.8 Å². The molecule has 0 fully saturated rings. The average Bonchev–Trinajstić information content (AvgIpc) is 2.78. The van der Waals surface area contributed by atoms with Gasteiger partial charge in [0.1, 0.15) is 5.56 Å². The van der Waals surface area contributed by atoms with Crippen molar-refractivity contribution in [2.75, 3.05) is 0 Å². The lowest BCUT2D eigenvalue weighted by molar-refractivity contribution is -0.358. The number of carbonyl (C=O) groups is 1. The highest BCUT2D eigenvalue weighted by molar-refractivity contribution is 6.52. The molecular weight excluding hydrogens is 317 g/mol. The van der Waals surface area contributed by atoms with Crippen LogP contribution in [0, 0.1) is 11.0 Å². The lowest BCUT2D eigenvalue weighted by Crippen LogP contribution is -2.16. The number of ketones is 1. The molecule has 1 aliphatic heterocycles. The SMILES string of the molecule is O=C1C(c2ccc3ccccc3c2)=[N+]([O-])c2c(F)cc(Cl)cc21. The first-order valence-electron chi connectivity index (χ1n) is 6.93. The van der Waals surface area contributed by atoms with Crippen LogP contribution in [0.4, 0.5) is 10.1 Å². The van der Waals surface area contributed by atoms with Crippen LogP contribution in [0.25, 0.3) is 10.8 Å². The van der Waals surface area contributed by atoms with Crippen molar-refractivity contribution >= 4 is 39.6 Å². The largest absolute Gasteiger partial charge is 0.618 e. The number of fused-ring (bicyclic) bond motifs is 2. The van der Waals surface area contributed by atoms with Crippen LogP contribution >= 0.6 is 11.6 Å². The Balaban J connectivity index is 1.95. The van der Waals surface area contributed by atoms with E-state index in [2.05, 4.69) is 0 Å².